The molecular weight excluding hydrogens is 344 g/mol. The Morgan fingerprint density at radius 3 is 2.63 bits per heavy atom. The molecule has 7 heteroatoms. The quantitative estimate of drug-likeness (QED) is 0.840. The number of aryl methyl sites for hydroxylation is 2. The van der Waals surface area contributed by atoms with Gasteiger partial charge in [0, 0.05) is 44.4 Å². The zero-order valence-corrected chi connectivity index (χ0v) is 16.5. The smallest absolute Gasteiger partial charge is 0.243 e. The van der Waals surface area contributed by atoms with Gasteiger partial charge in [0.2, 0.25) is 11.8 Å². The number of carbonyl (C=O) groups excluding carboxylic acids is 1. The molecular formula is C20H28N4O3. The van der Waals surface area contributed by atoms with Gasteiger partial charge in [-0.05, 0) is 26.8 Å². The fraction of sp³-hybridized carbons (Fsp3) is 0.500. The van der Waals surface area contributed by atoms with Gasteiger partial charge in [-0.3, -0.25) is 19.9 Å². The van der Waals surface area contributed by atoms with E-state index in [0.717, 1.165) is 44.2 Å². The average molecular weight is 372 g/mol. The number of carbonyl (C=O) groups is 1. The zero-order valence-electron chi connectivity index (χ0n) is 16.5. The Labute approximate surface area is 160 Å². The molecule has 2 heterocycles. The summed E-state index contributed by atoms with van der Waals surface area (Å²) < 4.78 is 10.6. The van der Waals surface area contributed by atoms with E-state index >= 15 is 0 Å². The topological polar surface area (TPSA) is 70.8 Å². The van der Waals surface area contributed by atoms with Gasteiger partial charge in [0.25, 0.3) is 0 Å². The van der Waals surface area contributed by atoms with Crippen LogP contribution in [0.4, 0.5) is 5.88 Å². The normalized spacial score (nSPS) is 16.9. The first-order chi connectivity index (χ1) is 13.0. The number of hydrogen-bond acceptors (Lipinski definition) is 6. The number of methoxy groups -OCH3 is 1. The number of piperazine rings is 1. The van der Waals surface area contributed by atoms with Crippen molar-refractivity contribution in [1.29, 1.82) is 0 Å². The molecule has 1 aromatic heterocycles. The second-order valence-corrected chi connectivity index (χ2v) is 7.13. The van der Waals surface area contributed by atoms with Gasteiger partial charge in [-0.2, -0.15) is 0 Å². The van der Waals surface area contributed by atoms with Crippen LogP contribution in [0.2, 0.25) is 0 Å². The van der Waals surface area contributed by atoms with Gasteiger partial charge in [-0.25, -0.2) is 0 Å². The third-order valence-electron chi connectivity index (χ3n) is 5.04. The van der Waals surface area contributed by atoms with Gasteiger partial charge in [0.05, 0.1) is 18.8 Å². The predicted molar refractivity (Wildman–Crippen MR) is 104 cm³/mol. The van der Waals surface area contributed by atoms with E-state index in [4.69, 9.17) is 9.26 Å². The van der Waals surface area contributed by atoms with Gasteiger partial charge in [-0.1, -0.05) is 22.9 Å². The summed E-state index contributed by atoms with van der Waals surface area (Å²) >= 11 is 0. The summed E-state index contributed by atoms with van der Waals surface area (Å²) in [6.45, 7) is 10.2. The summed E-state index contributed by atoms with van der Waals surface area (Å²) in [4.78, 5) is 17.0. The molecule has 1 fully saturated rings. The maximum Gasteiger partial charge on any atom is 0.243 e. The molecule has 0 unspecified atom stereocenters. The maximum absolute atomic E-state index is 12.4. The number of anilines is 1. The van der Waals surface area contributed by atoms with E-state index in [-0.39, 0.29) is 11.9 Å². The molecule has 0 bridgehead atoms. The van der Waals surface area contributed by atoms with Crippen LogP contribution in [0, 0.1) is 13.8 Å². The highest BCUT2D eigenvalue weighted by atomic mass is 16.5. The van der Waals surface area contributed by atoms with Gasteiger partial charge < -0.3 is 9.26 Å². The SMILES string of the molecule is COc1ccc(C)cc1CN1CCN([C@@H](C)C(=O)Nc2cc(C)no2)CC1. The van der Waals surface area contributed by atoms with Gasteiger partial charge in [-0.15, -0.1) is 0 Å². The first-order valence-corrected chi connectivity index (χ1v) is 9.30. The van der Waals surface area contributed by atoms with Crippen molar-refractivity contribution in [2.45, 2.75) is 33.4 Å². The van der Waals surface area contributed by atoms with E-state index in [1.165, 1.54) is 11.1 Å². The zero-order chi connectivity index (χ0) is 19.4. The summed E-state index contributed by atoms with van der Waals surface area (Å²) in [7, 11) is 1.71. The molecule has 0 spiro atoms. The van der Waals surface area contributed by atoms with Crippen molar-refractivity contribution in [3.05, 3.63) is 41.1 Å². The number of rotatable bonds is 6. The van der Waals surface area contributed by atoms with Crippen molar-refractivity contribution in [2.75, 3.05) is 38.6 Å². The van der Waals surface area contributed by atoms with E-state index in [9.17, 15) is 4.79 Å². The van der Waals surface area contributed by atoms with Crippen molar-refractivity contribution in [3.8, 4) is 5.75 Å². The monoisotopic (exact) mass is 372 g/mol. The average Bonchev–Trinajstić information content (AvgIpc) is 3.06. The molecule has 1 atom stereocenters. The van der Waals surface area contributed by atoms with Crippen LogP contribution >= 0.6 is 0 Å². The van der Waals surface area contributed by atoms with Crippen LogP contribution in [-0.4, -0.2) is 60.2 Å². The summed E-state index contributed by atoms with van der Waals surface area (Å²) in [5.41, 5.74) is 3.19. The molecule has 1 amide bonds. The Hall–Kier alpha value is -2.38. The number of nitrogens with zero attached hydrogens (tertiary/aromatic N) is 3. The molecule has 3 rings (SSSR count). The third-order valence-corrected chi connectivity index (χ3v) is 5.04. The molecule has 1 N–H and O–H groups in total. The predicted octanol–water partition coefficient (Wildman–Crippen LogP) is 2.44. The molecule has 146 valence electrons. The largest absolute Gasteiger partial charge is 0.496 e. The van der Waals surface area contributed by atoms with Crippen molar-refractivity contribution >= 4 is 11.8 Å². The van der Waals surface area contributed by atoms with Crippen LogP contribution in [0.5, 0.6) is 5.75 Å². The molecule has 1 aliphatic rings. The standard InChI is InChI=1S/C20H28N4O3/c1-14-5-6-18(26-4)17(11-14)13-23-7-9-24(10-8-23)16(3)20(25)21-19-12-15(2)22-27-19/h5-6,11-12,16H,7-10,13H2,1-4H3,(H,21,25)/t16-/m0/s1. The molecule has 0 radical (unpaired) electrons. The maximum atomic E-state index is 12.4. The number of benzene rings is 1. The van der Waals surface area contributed by atoms with E-state index < -0.39 is 0 Å². The van der Waals surface area contributed by atoms with Crippen LogP contribution < -0.4 is 10.1 Å². The van der Waals surface area contributed by atoms with Crippen molar-refractivity contribution in [2.24, 2.45) is 0 Å². The lowest BCUT2D eigenvalue weighted by Gasteiger charge is -2.37. The Morgan fingerprint density at radius 2 is 2.00 bits per heavy atom. The summed E-state index contributed by atoms with van der Waals surface area (Å²) in [6.07, 6.45) is 0. The number of nitrogens with one attached hydrogen (secondary N) is 1. The van der Waals surface area contributed by atoms with E-state index in [1.54, 1.807) is 13.2 Å². The molecule has 27 heavy (non-hydrogen) atoms. The first-order valence-electron chi connectivity index (χ1n) is 9.30. The molecule has 0 saturated carbocycles. The lowest BCUT2D eigenvalue weighted by Crippen LogP contribution is -2.52. The molecule has 1 saturated heterocycles. The lowest BCUT2D eigenvalue weighted by molar-refractivity contribution is -0.121. The summed E-state index contributed by atoms with van der Waals surface area (Å²) in [6, 6.07) is 7.78. The highest BCUT2D eigenvalue weighted by Gasteiger charge is 2.26. The number of amides is 1. The van der Waals surface area contributed by atoms with Crippen LogP contribution in [0.25, 0.3) is 0 Å². The van der Waals surface area contributed by atoms with E-state index in [1.807, 2.05) is 19.9 Å². The molecule has 1 aromatic carbocycles. The van der Waals surface area contributed by atoms with Gasteiger partial charge in [0.15, 0.2) is 0 Å². The lowest BCUT2D eigenvalue weighted by atomic mass is 10.1. The van der Waals surface area contributed by atoms with Crippen LogP contribution in [0.3, 0.4) is 0 Å². The van der Waals surface area contributed by atoms with Crippen LogP contribution in [0.15, 0.2) is 28.8 Å². The minimum Gasteiger partial charge on any atom is -0.496 e. The third kappa shape index (κ3) is 4.87. The van der Waals surface area contributed by atoms with Crippen LogP contribution in [0.1, 0.15) is 23.7 Å². The fourth-order valence-electron chi connectivity index (χ4n) is 3.39. The Kier molecular flexibility index (Phi) is 6.13. The van der Waals surface area contributed by atoms with Crippen molar-refractivity contribution < 1.29 is 14.1 Å². The minimum absolute atomic E-state index is 0.0695. The molecule has 1 aliphatic heterocycles. The van der Waals surface area contributed by atoms with E-state index in [2.05, 4.69) is 39.3 Å². The van der Waals surface area contributed by atoms with E-state index in [0.29, 0.717) is 5.88 Å². The highest BCUT2D eigenvalue weighted by molar-refractivity contribution is 5.93. The summed E-state index contributed by atoms with van der Waals surface area (Å²) in [5, 5.41) is 6.58. The second-order valence-electron chi connectivity index (χ2n) is 7.13. The minimum atomic E-state index is -0.217. The second kappa shape index (κ2) is 8.54. The Balaban J connectivity index is 1.52. The molecule has 2 aromatic rings. The van der Waals surface area contributed by atoms with Crippen molar-refractivity contribution in [1.82, 2.24) is 15.0 Å². The number of aromatic nitrogens is 1. The number of ether oxygens (including phenoxy) is 1. The van der Waals surface area contributed by atoms with Crippen LogP contribution in [-0.2, 0) is 11.3 Å². The highest BCUT2D eigenvalue weighted by Crippen LogP contribution is 2.22. The van der Waals surface area contributed by atoms with Gasteiger partial charge >= 0.3 is 0 Å². The Morgan fingerprint density at radius 1 is 1.26 bits per heavy atom. The fourth-order valence-corrected chi connectivity index (χ4v) is 3.39. The van der Waals surface area contributed by atoms with Gasteiger partial charge in [0.1, 0.15) is 5.75 Å². The molecule has 7 nitrogen and oxygen atoms in total. The summed E-state index contributed by atoms with van der Waals surface area (Å²) in [5.74, 6) is 1.26. The molecule has 0 aliphatic carbocycles. The number of hydrogen-bond donors (Lipinski definition) is 1. The van der Waals surface area contributed by atoms with Crippen molar-refractivity contribution in [3.63, 3.8) is 0 Å². The Bertz CT molecular complexity index is 781. The first kappa shape index (κ1) is 19.4.